The minimum Gasteiger partial charge on any atom is -0.492 e. The third-order valence-electron chi connectivity index (χ3n) is 13.9. The predicted molar refractivity (Wildman–Crippen MR) is 351 cm³/mol. The van der Waals surface area contributed by atoms with Gasteiger partial charge in [0.05, 0.1) is 73.0 Å². The first-order chi connectivity index (χ1) is 46.3. The molecule has 0 saturated heterocycles. The summed E-state index contributed by atoms with van der Waals surface area (Å²) in [6, 6.07) is 11.3. The van der Waals surface area contributed by atoms with E-state index in [-0.39, 0.29) is 56.6 Å². The van der Waals surface area contributed by atoms with Crippen molar-refractivity contribution in [2.45, 2.75) is 116 Å². The molecule has 0 unspecified atom stereocenters. The third-order valence-corrected chi connectivity index (χ3v) is 16.3. The van der Waals surface area contributed by atoms with Gasteiger partial charge in [0.1, 0.15) is 37.2 Å². The Hall–Kier alpha value is -10.2. The van der Waals surface area contributed by atoms with Crippen LogP contribution in [0.4, 0.5) is 9.59 Å². The Balaban J connectivity index is 1.29. The highest BCUT2D eigenvalue weighted by Crippen LogP contribution is 2.32. The Morgan fingerprint density at radius 2 is 1.35 bits per heavy atom. The number of aliphatic imine (C=N–C) groups is 1. The van der Waals surface area contributed by atoms with Gasteiger partial charge in [0.25, 0.3) is 0 Å². The van der Waals surface area contributed by atoms with Gasteiger partial charge in [-0.2, -0.15) is 10.6 Å². The molecule has 14 N–H and O–H groups in total. The summed E-state index contributed by atoms with van der Waals surface area (Å²) in [4.78, 5) is 185. The number of rotatable bonds is 44. The summed E-state index contributed by atoms with van der Waals surface area (Å²) >= 11 is 0. The van der Waals surface area contributed by atoms with Gasteiger partial charge in [-0.1, -0.05) is 27.7 Å². The number of carbonyl (C=O) groups excluding carboxylic acids is 8. The fourth-order valence-electron chi connectivity index (χ4n) is 9.10. The summed E-state index contributed by atoms with van der Waals surface area (Å²) in [7, 11) is 3.51. The van der Waals surface area contributed by atoms with Gasteiger partial charge in [0, 0.05) is 85.3 Å². The lowest BCUT2D eigenvalue weighted by molar-refractivity contribution is -0.145. The van der Waals surface area contributed by atoms with Gasteiger partial charge < -0.3 is 72.1 Å². The fraction of sp³-hybridized carbons (Fsp3) is 0.468. The molecule has 0 radical (unpaired) electrons. The first-order valence-electron chi connectivity index (χ1n) is 30.3. The maximum atomic E-state index is 14.0. The normalized spacial score (nSPS) is 12.9. The number of aromatic amines is 1. The van der Waals surface area contributed by atoms with E-state index in [1.54, 1.807) is 45.3 Å². The number of nitrogens with two attached hydrogens (primary N) is 2. The zero-order chi connectivity index (χ0) is 72.6. The summed E-state index contributed by atoms with van der Waals surface area (Å²) in [6.45, 7) is 5.83. The lowest BCUT2D eigenvalue weighted by Gasteiger charge is -2.24. The van der Waals surface area contributed by atoms with Crippen molar-refractivity contribution in [1.29, 1.82) is 0 Å². The Bertz CT molecular complexity index is 3490. The molecular formula is C62H80N12O22S2. The number of aromatic nitrogens is 4. The molecular weight excluding hydrogens is 1330 g/mol. The van der Waals surface area contributed by atoms with Crippen LogP contribution in [-0.4, -0.2) is 209 Å². The van der Waals surface area contributed by atoms with E-state index in [4.69, 9.17) is 30.5 Å². The van der Waals surface area contributed by atoms with E-state index in [0.717, 1.165) is 55.4 Å². The van der Waals surface area contributed by atoms with Crippen LogP contribution in [-0.2, 0) is 67.1 Å². The molecule has 3 aromatic heterocycles. The Kier molecular flexibility index (Phi) is 33.0. The second-order valence-corrected chi connectivity index (χ2v) is 25.7. The maximum Gasteiger partial charge on any atom is 0.431 e. The van der Waals surface area contributed by atoms with E-state index in [9.17, 15) is 87.9 Å². The number of guanidine groups is 1. The number of aryl methyl sites for hydroxylation is 1. The first-order valence-corrected chi connectivity index (χ1v) is 32.8. The monoisotopic (exact) mass is 1410 g/mol. The van der Waals surface area contributed by atoms with Crippen LogP contribution >= 0.6 is 21.6 Å². The Morgan fingerprint density at radius 3 is 1.97 bits per heavy atom. The van der Waals surface area contributed by atoms with E-state index in [2.05, 4.69) is 41.1 Å². The highest BCUT2D eigenvalue weighted by molar-refractivity contribution is 8.76. The average molecular weight is 1410 g/mol. The van der Waals surface area contributed by atoms with Crippen LogP contribution in [0, 0.1) is 24.7 Å². The number of amides is 5. The van der Waals surface area contributed by atoms with Crippen LogP contribution in [0.25, 0.3) is 33.8 Å². The molecule has 0 saturated carbocycles. The Labute approximate surface area is 569 Å². The molecule has 5 amide bonds. The average Bonchev–Trinajstić information content (AvgIpc) is 1.57. The third kappa shape index (κ3) is 29.8. The summed E-state index contributed by atoms with van der Waals surface area (Å²) in [6.07, 6.45) is -5.72. The van der Waals surface area contributed by atoms with Crippen molar-refractivity contribution >= 4 is 105 Å². The lowest BCUT2D eigenvalue weighted by atomic mass is 9.90. The van der Waals surface area contributed by atoms with Gasteiger partial charge in [0.2, 0.25) is 17.7 Å². The number of carbonyl (C=O) groups is 13. The molecule has 0 bridgehead atoms. The second kappa shape index (κ2) is 40.4. The smallest absolute Gasteiger partial charge is 0.431 e. The van der Waals surface area contributed by atoms with Crippen molar-refractivity contribution in [2.24, 2.45) is 34.2 Å². The molecule has 34 nitrogen and oxygen atoms in total. The number of pyridine rings is 2. The minimum atomic E-state index is -2.01. The molecule has 532 valence electrons. The van der Waals surface area contributed by atoms with Crippen molar-refractivity contribution in [3.05, 3.63) is 72.7 Å². The van der Waals surface area contributed by atoms with E-state index in [1.165, 1.54) is 11.9 Å². The van der Waals surface area contributed by atoms with E-state index >= 15 is 0 Å². The van der Waals surface area contributed by atoms with Crippen molar-refractivity contribution < 1.29 is 107 Å². The largest absolute Gasteiger partial charge is 0.492 e. The summed E-state index contributed by atoms with van der Waals surface area (Å²) in [5.74, 6) is -19.4. The molecule has 0 spiro atoms. The Morgan fingerprint density at radius 1 is 0.704 bits per heavy atom. The zero-order valence-electron chi connectivity index (χ0n) is 54.2. The van der Waals surface area contributed by atoms with Crippen molar-refractivity contribution in [3.63, 3.8) is 0 Å². The molecule has 0 fully saturated rings. The number of hydrogen-bond acceptors (Lipinski definition) is 23. The van der Waals surface area contributed by atoms with Gasteiger partial charge in [-0.25, -0.2) is 14.4 Å². The number of hydroxylamine groups is 1. The molecule has 4 aromatic rings. The van der Waals surface area contributed by atoms with Crippen LogP contribution < -0.4 is 37.6 Å². The topological polar surface area (TPSA) is 530 Å². The van der Waals surface area contributed by atoms with Gasteiger partial charge >= 0.3 is 42.0 Å². The van der Waals surface area contributed by atoms with Gasteiger partial charge in [-0.3, -0.25) is 72.8 Å². The number of hydrogen-bond donors (Lipinski definition) is 12. The number of Topliss-reactive ketones (excluding diaryl/α,β-unsaturated/α-hetero) is 3. The van der Waals surface area contributed by atoms with E-state index in [1.807, 2.05) is 54.9 Å². The molecule has 0 aliphatic rings. The highest BCUT2D eigenvalue weighted by Gasteiger charge is 2.36. The number of ketones is 3. The number of ether oxygens (including phenoxy) is 3. The van der Waals surface area contributed by atoms with E-state index < -0.39 is 177 Å². The molecule has 3 heterocycles. The first kappa shape index (κ1) is 80.2. The number of carboxylic acid groups (broad SMARTS) is 5. The van der Waals surface area contributed by atoms with Gasteiger partial charge in [-0.05, 0) is 95.5 Å². The summed E-state index contributed by atoms with van der Waals surface area (Å²) in [5, 5.41) is 62.8. The summed E-state index contributed by atoms with van der Waals surface area (Å²) < 4.78 is 16.1. The number of aliphatic carboxylic acids is 5. The van der Waals surface area contributed by atoms with Crippen LogP contribution in [0.3, 0.4) is 0 Å². The lowest BCUT2D eigenvalue weighted by Crippen LogP contribution is -2.49. The predicted octanol–water partition coefficient (Wildman–Crippen LogP) is 3.40. The zero-order valence-corrected chi connectivity index (χ0v) is 55.9. The maximum absolute atomic E-state index is 14.0. The molecule has 98 heavy (non-hydrogen) atoms. The summed E-state index contributed by atoms with van der Waals surface area (Å²) in [5.41, 5.74) is 17.5. The minimum absolute atomic E-state index is 0.0576. The van der Waals surface area contributed by atoms with Crippen LogP contribution in [0.5, 0.6) is 5.75 Å². The van der Waals surface area contributed by atoms with Crippen molar-refractivity contribution in [3.8, 4) is 39.5 Å². The second-order valence-electron chi connectivity index (χ2n) is 23.0. The fourth-order valence-corrected chi connectivity index (χ4v) is 11.1. The number of benzene rings is 1. The van der Waals surface area contributed by atoms with Crippen LogP contribution in [0.2, 0.25) is 0 Å². The quantitative estimate of drug-likeness (QED) is 0.00992. The highest BCUT2D eigenvalue weighted by atomic mass is 33.1. The van der Waals surface area contributed by atoms with E-state index in [0.29, 0.717) is 11.4 Å². The standard InChI is InChI=1S/C62H80N12O22S2/c1-34-8-6-10-43(68-34)42-31-67-72-54(42)36-17-19-65-44(25-36)35-11-14-41(15-12-35)93-21-20-74(5)61(92)94-22-23-97-98-33-47(58(89)90)71-56(86)39(28-51(79)80)27-49(77)46(30-53(83)84)70-55(85)37(9-7-18-66-59(63)64)26-48(76)45(29-52(81)82)69-50(78)16-13-38(57(87)88)24-40(75)32-95-73-60(91)96-62(2,3)4/h6,8,10-12,14-15,17,19,25,31,37-39,45-47H,7,9,13,16,18,20-24,26-30,32-33H2,1-5H3,(H,67,72)(H,69,78)(H,70,85)(H,71,86)(H,73,91)(H,79,80)(H,81,82)(H,83,84)(H,87,88)(H,89,90)(H4,63,64,66)/t37-,38-,39+,45+,46+,47+/m1/s1. The molecule has 6 atom stereocenters. The molecule has 4 rings (SSSR count). The molecule has 0 aliphatic carbocycles. The SMILES string of the molecule is Cc1cccc(-c2cn[nH]c2-c2ccnc(-c3ccc(OCCN(C)C(=O)OCCSSC[C@H](NC(=O)[C@H](CC(=O)O)CC(=O)[C@H](CC(=O)O)NC(=O)[C@H](CCCN=C(N)N)CC(=O)[C@H](CC(=O)O)NC(=O)CC[C@H](CC(=O)CONC(=O)OC(C)(C)C)C(=O)O)C(=O)O)cc3)c2)n1. The van der Waals surface area contributed by atoms with Crippen LogP contribution in [0.1, 0.15) is 90.7 Å². The van der Waals surface area contributed by atoms with Gasteiger partial charge in [-0.15, -0.1) is 0 Å². The number of likely N-dealkylation sites (N-methyl/N-ethyl adjacent to an activating group) is 1. The number of carboxylic acids is 5. The van der Waals surface area contributed by atoms with Crippen molar-refractivity contribution in [2.75, 3.05) is 51.5 Å². The molecule has 1 aromatic carbocycles. The number of H-pyrrole nitrogens is 1. The van der Waals surface area contributed by atoms with Gasteiger partial charge in [0.15, 0.2) is 23.3 Å². The number of nitrogens with one attached hydrogen (secondary N) is 5. The molecule has 36 heteroatoms. The van der Waals surface area contributed by atoms with Crippen LogP contribution in [0.15, 0.2) is 72.0 Å². The van der Waals surface area contributed by atoms with Crippen molar-refractivity contribution in [1.82, 2.24) is 46.5 Å². The molecule has 0 aliphatic heterocycles. The number of nitrogens with zero attached hydrogens (tertiary/aromatic N) is 5.